The first kappa shape index (κ1) is 20.6. The van der Waals surface area contributed by atoms with Gasteiger partial charge in [0.15, 0.2) is 0 Å². The first-order chi connectivity index (χ1) is 8.60. The van der Waals surface area contributed by atoms with Gasteiger partial charge in [0.25, 0.3) is 0 Å². The van der Waals surface area contributed by atoms with Crippen molar-refractivity contribution >= 4 is 5.91 Å². The zero-order chi connectivity index (χ0) is 14.1. The molecule has 1 rings (SSSR count). The molecule has 1 radical (unpaired) electrons. The number of nitrogens with zero attached hydrogens (tertiary/aromatic N) is 3. The quantitative estimate of drug-likeness (QED) is 0.501. The maximum absolute atomic E-state index is 11.5. The van der Waals surface area contributed by atoms with Gasteiger partial charge in [-0.1, -0.05) is 13.8 Å². The van der Waals surface area contributed by atoms with E-state index in [0.717, 1.165) is 19.2 Å². The fourth-order valence-corrected chi connectivity index (χ4v) is 2.01. The van der Waals surface area contributed by atoms with E-state index in [1.807, 2.05) is 13.8 Å². The third-order valence-corrected chi connectivity index (χ3v) is 3.00. The minimum absolute atomic E-state index is 0. The van der Waals surface area contributed by atoms with Crippen molar-refractivity contribution in [3.8, 4) is 6.07 Å². The van der Waals surface area contributed by atoms with Crippen LogP contribution in [0.1, 0.15) is 34.1 Å². The van der Waals surface area contributed by atoms with Crippen LogP contribution < -0.4 is 0 Å². The largest absolute Gasteiger partial charge is 0.411 e. The van der Waals surface area contributed by atoms with Crippen LogP contribution >= 0.6 is 0 Å². The van der Waals surface area contributed by atoms with Crippen LogP contribution in [0.15, 0.2) is 6.08 Å². The summed E-state index contributed by atoms with van der Waals surface area (Å²) < 4.78 is 0. The van der Waals surface area contributed by atoms with E-state index in [1.54, 1.807) is 4.90 Å². The topological polar surface area (TPSA) is 47.3 Å². The first-order valence-electron chi connectivity index (χ1n) is 6.56. The Morgan fingerprint density at radius 3 is 2.47 bits per heavy atom. The van der Waals surface area contributed by atoms with Gasteiger partial charge in [0, 0.05) is 52.1 Å². The van der Waals surface area contributed by atoms with E-state index in [4.69, 9.17) is 11.8 Å². The molecule has 1 aliphatic heterocycles. The van der Waals surface area contributed by atoms with Crippen molar-refractivity contribution in [2.24, 2.45) is 0 Å². The number of hydrogen-bond acceptors (Lipinski definition) is 3. The minimum atomic E-state index is -0.177. The summed E-state index contributed by atoms with van der Waals surface area (Å²) in [5, 5.41) is 8.77. The molecule has 0 spiro atoms. The molecule has 0 aliphatic carbocycles. The van der Waals surface area contributed by atoms with Gasteiger partial charge in [-0.25, -0.2) is 0 Å². The van der Waals surface area contributed by atoms with E-state index in [9.17, 15) is 4.79 Å². The van der Waals surface area contributed by atoms with E-state index in [-0.39, 0.29) is 32.4 Å². The summed E-state index contributed by atoms with van der Waals surface area (Å²) in [4.78, 5) is 15.5. The number of carbonyl (C=O) groups is 1. The Bertz CT molecular complexity index is 312. The molecule has 1 saturated heterocycles. The van der Waals surface area contributed by atoms with Crippen LogP contribution in [-0.4, -0.2) is 47.4 Å². The Morgan fingerprint density at radius 1 is 1.47 bits per heavy atom. The van der Waals surface area contributed by atoms with Gasteiger partial charge in [0.05, 0.1) is 18.4 Å². The Hall–Kier alpha value is -0.678. The third kappa shape index (κ3) is 6.34. The molecule has 109 valence electrons. The molecule has 4 nitrogen and oxygen atoms in total. The average Bonchev–Trinajstić information content (AvgIpc) is 2.40. The van der Waals surface area contributed by atoms with Crippen molar-refractivity contribution < 1.29 is 25.2 Å². The van der Waals surface area contributed by atoms with Gasteiger partial charge in [-0.05, 0) is 13.8 Å². The molecule has 0 aromatic rings. The molecule has 0 N–H and O–H groups in total. The first-order valence-corrected chi connectivity index (χ1v) is 6.56. The number of rotatable bonds is 3. The van der Waals surface area contributed by atoms with Gasteiger partial charge in [-0.3, -0.25) is 11.5 Å². The molecule has 1 heterocycles. The zero-order valence-corrected chi connectivity index (χ0v) is 15.0. The Labute approximate surface area is 131 Å². The molecular weight excluding hydrogens is 412 g/mol. The summed E-state index contributed by atoms with van der Waals surface area (Å²) in [7, 11) is 0. The monoisotopic (exact) mass is 437 g/mol. The van der Waals surface area contributed by atoms with Gasteiger partial charge in [0.1, 0.15) is 0 Å². The Morgan fingerprint density at radius 2 is 2.05 bits per heavy atom. The fourth-order valence-electron chi connectivity index (χ4n) is 2.01. The van der Waals surface area contributed by atoms with E-state index in [2.05, 4.69) is 24.8 Å². The molecule has 5 heteroatoms. The van der Waals surface area contributed by atoms with Gasteiger partial charge < -0.3 is 9.69 Å². The predicted octanol–water partition coefficient (Wildman–Crippen LogP) is 1.83. The van der Waals surface area contributed by atoms with Crippen LogP contribution in [0.2, 0.25) is 0 Å². The van der Waals surface area contributed by atoms with Gasteiger partial charge >= 0.3 is 0 Å². The fraction of sp³-hybridized carbons (Fsp3) is 0.714. The number of hydrogen-bond donors (Lipinski definition) is 0. The molecule has 1 amide bonds. The van der Waals surface area contributed by atoms with E-state index < -0.39 is 0 Å². The second-order valence-corrected chi connectivity index (χ2v) is 4.30. The minimum Gasteiger partial charge on any atom is -0.411 e. The van der Waals surface area contributed by atoms with Crippen LogP contribution in [0.5, 0.6) is 0 Å². The normalized spacial score (nSPS) is 18.7. The van der Waals surface area contributed by atoms with Crippen LogP contribution in [0.4, 0.5) is 0 Å². The van der Waals surface area contributed by atoms with Gasteiger partial charge in [-0.15, -0.1) is 0 Å². The van der Waals surface area contributed by atoms with E-state index in [1.165, 1.54) is 0 Å². The van der Waals surface area contributed by atoms with Gasteiger partial charge in [0.2, 0.25) is 0 Å². The van der Waals surface area contributed by atoms with Crippen molar-refractivity contribution in [3.63, 3.8) is 0 Å². The number of piperazine rings is 1. The van der Waals surface area contributed by atoms with Crippen molar-refractivity contribution in [3.05, 3.63) is 12.7 Å². The van der Waals surface area contributed by atoms with Crippen molar-refractivity contribution in [2.75, 3.05) is 19.6 Å². The number of nitriles is 1. The Balaban J connectivity index is 0. The predicted molar refractivity (Wildman–Crippen MR) is 72.7 cm³/mol. The second-order valence-electron chi connectivity index (χ2n) is 4.30. The van der Waals surface area contributed by atoms with Crippen molar-refractivity contribution in [1.29, 1.82) is 5.26 Å². The SMILES string of the molecule is CC.[CH-]=CC(=O)N1CCN(C(C)C)CC1CC#N.[Re]. The standard InChI is InChI=1S/C12H18N3O.C2H6.Re/c1-4-12(16)15-8-7-14(10(2)3)9-11(15)5-6-13;1-2;/h1,4,10-11H,5,7-9H2,2-3H3;1-2H3;/q-1;;. The average molecular weight is 437 g/mol. The van der Waals surface area contributed by atoms with Crippen LogP contribution in [0.25, 0.3) is 0 Å². The molecular formula is C14H24N3ORe-. The summed E-state index contributed by atoms with van der Waals surface area (Å²) in [6, 6.07) is 2.54. The van der Waals surface area contributed by atoms with Gasteiger partial charge in [-0.2, -0.15) is 11.3 Å². The molecule has 1 fully saturated rings. The molecule has 1 aliphatic rings. The van der Waals surface area contributed by atoms with Crippen molar-refractivity contribution in [2.45, 2.75) is 46.2 Å². The van der Waals surface area contributed by atoms with E-state index in [0.29, 0.717) is 19.0 Å². The van der Waals surface area contributed by atoms with E-state index >= 15 is 0 Å². The number of carbonyl (C=O) groups excluding carboxylic acids is 1. The zero-order valence-electron chi connectivity index (χ0n) is 12.3. The van der Waals surface area contributed by atoms with Crippen LogP contribution in [-0.2, 0) is 25.2 Å². The summed E-state index contributed by atoms with van der Waals surface area (Å²) in [5.41, 5.74) is 0. The molecule has 1 atom stereocenters. The van der Waals surface area contributed by atoms with Crippen LogP contribution in [0.3, 0.4) is 0 Å². The number of amides is 1. The third-order valence-electron chi connectivity index (χ3n) is 3.00. The summed E-state index contributed by atoms with van der Waals surface area (Å²) in [6.45, 7) is 15.7. The summed E-state index contributed by atoms with van der Waals surface area (Å²) >= 11 is 0. The van der Waals surface area contributed by atoms with Crippen molar-refractivity contribution in [1.82, 2.24) is 9.80 Å². The molecule has 0 aromatic carbocycles. The molecule has 0 saturated carbocycles. The molecule has 0 aromatic heterocycles. The maximum atomic E-state index is 11.5. The second kappa shape index (κ2) is 11.2. The molecule has 0 bridgehead atoms. The maximum Gasteiger partial charge on any atom is 0.0870 e. The smallest absolute Gasteiger partial charge is 0.0870 e. The summed E-state index contributed by atoms with van der Waals surface area (Å²) in [6.07, 6.45) is 1.44. The van der Waals surface area contributed by atoms with Crippen LogP contribution in [0, 0.1) is 17.9 Å². The molecule has 19 heavy (non-hydrogen) atoms. The Kier molecular flexibility index (Phi) is 12.1. The summed E-state index contributed by atoms with van der Waals surface area (Å²) in [5.74, 6) is -0.177. The molecule has 1 unspecified atom stereocenters.